The van der Waals surface area contributed by atoms with Crippen LogP contribution in [-0.2, 0) is 24.4 Å². The standard InChI is InChI=1S/C16H24N6O2/c1-2-15(23)14-9-13-10-20(6-4-8-22(13)19-14)16(24)5-3-7-21-12-17-11-18-21/h9,11-12,15,23H,2-8,10H2,1H3. The van der Waals surface area contributed by atoms with E-state index in [1.807, 2.05) is 22.6 Å². The van der Waals surface area contributed by atoms with E-state index in [9.17, 15) is 9.90 Å². The molecule has 0 radical (unpaired) electrons. The molecular formula is C16H24N6O2. The van der Waals surface area contributed by atoms with Gasteiger partial charge >= 0.3 is 0 Å². The van der Waals surface area contributed by atoms with Gasteiger partial charge in [-0.05, 0) is 25.3 Å². The number of carbonyl (C=O) groups excluding carboxylic acids is 1. The number of aliphatic hydroxyl groups is 1. The summed E-state index contributed by atoms with van der Waals surface area (Å²) in [7, 11) is 0. The number of aliphatic hydroxyl groups excluding tert-OH is 1. The summed E-state index contributed by atoms with van der Waals surface area (Å²) in [5.41, 5.74) is 1.70. The van der Waals surface area contributed by atoms with Gasteiger partial charge < -0.3 is 10.0 Å². The normalized spacial score (nSPS) is 15.8. The lowest BCUT2D eigenvalue weighted by atomic mass is 10.2. The third-order valence-electron chi connectivity index (χ3n) is 4.36. The van der Waals surface area contributed by atoms with E-state index in [0.29, 0.717) is 31.6 Å². The average Bonchev–Trinajstić information content (AvgIpc) is 3.19. The summed E-state index contributed by atoms with van der Waals surface area (Å²) >= 11 is 0. The second-order valence-electron chi connectivity index (χ2n) is 6.14. The maximum atomic E-state index is 12.5. The number of carbonyl (C=O) groups is 1. The molecule has 130 valence electrons. The first-order valence-corrected chi connectivity index (χ1v) is 8.52. The molecule has 2 aromatic heterocycles. The van der Waals surface area contributed by atoms with Gasteiger partial charge in [0.25, 0.3) is 0 Å². The highest BCUT2D eigenvalue weighted by atomic mass is 16.3. The second-order valence-corrected chi connectivity index (χ2v) is 6.14. The molecule has 8 nitrogen and oxygen atoms in total. The molecular weight excluding hydrogens is 308 g/mol. The second kappa shape index (κ2) is 7.57. The van der Waals surface area contributed by atoms with Gasteiger partial charge in [0.1, 0.15) is 12.7 Å². The smallest absolute Gasteiger partial charge is 0.222 e. The topological polar surface area (TPSA) is 89.1 Å². The van der Waals surface area contributed by atoms with Crippen molar-refractivity contribution in [3.8, 4) is 0 Å². The highest BCUT2D eigenvalue weighted by Gasteiger charge is 2.21. The van der Waals surface area contributed by atoms with E-state index >= 15 is 0 Å². The summed E-state index contributed by atoms with van der Waals surface area (Å²) in [6.07, 6.45) is 5.40. The number of amides is 1. The van der Waals surface area contributed by atoms with E-state index in [-0.39, 0.29) is 5.91 Å². The Bertz CT molecular complexity index is 666. The molecule has 1 amide bonds. The Hall–Kier alpha value is -2.22. The van der Waals surface area contributed by atoms with E-state index in [2.05, 4.69) is 15.2 Å². The monoisotopic (exact) mass is 332 g/mol. The number of hydrogen-bond acceptors (Lipinski definition) is 5. The van der Waals surface area contributed by atoms with Gasteiger partial charge in [-0.2, -0.15) is 10.2 Å². The Morgan fingerprint density at radius 3 is 3.04 bits per heavy atom. The number of fused-ring (bicyclic) bond motifs is 1. The van der Waals surface area contributed by atoms with Gasteiger partial charge in [0.05, 0.1) is 24.0 Å². The Balaban J connectivity index is 1.58. The number of nitrogens with zero attached hydrogens (tertiary/aromatic N) is 6. The minimum absolute atomic E-state index is 0.155. The van der Waals surface area contributed by atoms with Gasteiger partial charge in [-0.25, -0.2) is 4.98 Å². The molecule has 3 rings (SSSR count). The van der Waals surface area contributed by atoms with Crippen LogP contribution in [0.15, 0.2) is 18.7 Å². The highest BCUT2D eigenvalue weighted by Crippen LogP contribution is 2.20. The number of hydrogen-bond donors (Lipinski definition) is 1. The van der Waals surface area contributed by atoms with Crippen LogP contribution >= 0.6 is 0 Å². The Morgan fingerprint density at radius 1 is 1.42 bits per heavy atom. The summed E-state index contributed by atoms with van der Waals surface area (Å²) in [6.45, 7) is 4.72. The van der Waals surface area contributed by atoms with Gasteiger partial charge in [0.15, 0.2) is 0 Å². The van der Waals surface area contributed by atoms with Crippen LogP contribution in [0, 0.1) is 0 Å². The van der Waals surface area contributed by atoms with Crippen LogP contribution in [0.1, 0.15) is 50.1 Å². The van der Waals surface area contributed by atoms with Gasteiger partial charge in [-0.1, -0.05) is 6.92 Å². The van der Waals surface area contributed by atoms with E-state index in [0.717, 1.165) is 31.6 Å². The lowest BCUT2D eigenvalue weighted by molar-refractivity contribution is -0.132. The third-order valence-corrected chi connectivity index (χ3v) is 4.36. The van der Waals surface area contributed by atoms with Gasteiger partial charge in [0.2, 0.25) is 5.91 Å². The summed E-state index contributed by atoms with van der Waals surface area (Å²) < 4.78 is 3.67. The van der Waals surface area contributed by atoms with Crippen molar-refractivity contribution >= 4 is 5.91 Å². The molecule has 1 N–H and O–H groups in total. The molecule has 24 heavy (non-hydrogen) atoms. The molecule has 1 aliphatic rings. The van der Waals surface area contributed by atoms with Crippen LogP contribution in [0.3, 0.4) is 0 Å². The zero-order valence-corrected chi connectivity index (χ0v) is 14.0. The van der Waals surface area contributed by atoms with Gasteiger partial charge in [0, 0.05) is 26.1 Å². The van der Waals surface area contributed by atoms with Gasteiger partial charge in [-0.15, -0.1) is 0 Å². The van der Waals surface area contributed by atoms with Crippen molar-refractivity contribution in [1.82, 2.24) is 29.4 Å². The first-order valence-electron chi connectivity index (χ1n) is 8.52. The van der Waals surface area contributed by atoms with Crippen molar-refractivity contribution in [2.45, 2.75) is 58.3 Å². The Labute approximate surface area is 141 Å². The van der Waals surface area contributed by atoms with Crippen molar-refractivity contribution in [3.05, 3.63) is 30.1 Å². The first-order chi connectivity index (χ1) is 11.7. The number of rotatable bonds is 6. The average molecular weight is 332 g/mol. The SMILES string of the molecule is CCC(O)c1cc2n(n1)CCCN(C(=O)CCCn1cncn1)C2. The fourth-order valence-corrected chi connectivity index (χ4v) is 2.97. The van der Waals surface area contributed by atoms with Crippen LogP contribution in [0.25, 0.3) is 0 Å². The molecule has 8 heteroatoms. The minimum Gasteiger partial charge on any atom is -0.387 e. The van der Waals surface area contributed by atoms with Crippen LogP contribution in [0.5, 0.6) is 0 Å². The summed E-state index contributed by atoms with van der Waals surface area (Å²) in [5.74, 6) is 0.155. The zero-order chi connectivity index (χ0) is 16.9. The van der Waals surface area contributed by atoms with Crippen molar-refractivity contribution in [2.24, 2.45) is 0 Å². The van der Waals surface area contributed by atoms with Gasteiger partial charge in [-0.3, -0.25) is 14.2 Å². The number of aromatic nitrogens is 5. The van der Waals surface area contributed by atoms with Crippen molar-refractivity contribution in [1.29, 1.82) is 0 Å². The van der Waals surface area contributed by atoms with Crippen LogP contribution in [0.2, 0.25) is 0 Å². The molecule has 0 aromatic carbocycles. The van der Waals surface area contributed by atoms with Crippen molar-refractivity contribution in [3.63, 3.8) is 0 Å². The predicted octanol–water partition coefficient (Wildman–Crippen LogP) is 1.13. The molecule has 1 unspecified atom stereocenters. The maximum absolute atomic E-state index is 12.5. The van der Waals surface area contributed by atoms with E-state index < -0.39 is 6.10 Å². The van der Waals surface area contributed by atoms with Crippen LogP contribution < -0.4 is 0 Å². The Morgan fingerprint density at radius 2 is 2.29 bits per heavy atom. The quantitative estimate of drug-likeness (QED) is 0.856. The highest BCUT2D eigenvalue weighted by molar-refractivity contribution is 5.76. The predicted molar refractivity (Wildman–Crippen MR) is 86.8 cm³/mol. The molecule has 1 aliphatic heterocycles. The molecule has 1 atom stereocenters. The first kappa shape index (κ1) is 16.6. The molecule has 2 aromatic rings. The maximum Gasteiger partial charge on any atom is 0.222 e. The lowest BCUT2D eigenvalue weighted by Crippen LogP contribution is -2.30. The zero-order valence-electron chi connectivity index (χ0n) is 14.0. The third kappa shape index (κ3) is 3.81. The molecule has 0 saturated carbocycles. The molecule has 0 saturated heterocycles. The summed E-state index contributed by atoms with van der Waals surface area (Å²) in [5, 5.41) is 18.5. The molecule has 0 bridgehead atoms. The number of aryl methyl sites for hydroxylation is 2. The van der Waals surface area contributed by atoms with Crippen LogP contribution in [0.4, 0.5) is 0 Å². The summed E-state index contributed by atoms with van der Waals surface area (Å²) in [4.78, 5) is 18.3. The van der Waals surface area contributed by atoms with Crippen LogP contribution in [-0.4, -0.2) is 47.0 Å². The fourth-order valence-electron chi connectivity index (χ4n) is 2.97. The molecule has 0 spiro atoms. The lowest BCUT2D eigenvalue weighted by Gasteiger charge is -2.20. The van der Waals surface area contributed by atoms with E-state index in [1.54, 1.807) is 11.0 Å². The fraction of sp³-hybridized carbons (Fsp3) is 0.625. The largest absolute Gasteiger partial charge is 0.387 e. The van der Waals surface area contributed by atoms with Crippen molar-refractivity contribution in [2.75, 3.05) is 6.54 Å². The van der Waals surface area contributed by atoms with E-state index in [1.165, 1.54) is 6.33 Å². The minimum atomic E-state index is -0.531. The van der Waals surface area contributed by atoms with Crippen molar-refractivity contribution < 1.29 is 9.90 Å². The van der Waals surface area contributed by atoms with E-state index in [4.69, 9.17) is 0 Å². The molecule has 0 aliphatic carbocycles. The molecule has 3 heterocycles. The molecule has 0 fully saturated rings. The summed E-state index contributed by atoms with van der Waals surface area (Å²) in [6, 6.07) is 1.93. The Kier molecular flexibility index (Phi) is 5.24.